The first kappa shape index (κ1) is 18.5. The summed E-state index contributed by atoms with van der Waals surface area (Å²) in [5.41, 5.74) is 7.79. The highest BCUT2D eigenvalue weighted by Crippen LogP contribution is 2.28. The van der Waals surface area contributed by atoms with Gasteiger partial charge in [0.15, 0.2) is 16.7 Å². The summed E-state index contributed by atoms with van der Waals surface area (Å²) >= 11 is 1.46. The van der Waals surface area contributed by atoms with Gasteiger partial charge < -0.3 is 15.2 Å². The molecule has 136 valence electrons. The van der Waals surface area contributed by atoms with E-state index in [1.54, 1.807) is 19.2 Å². The van der Waals surface area contributed by atoms with Crippen LogP contribution in [0.3, 0.4) is 0 Å². The fraction of sp³-hybridized carbons (Fsp3) is 0.150. The number of thioether (sulfide) groups is 1. The third-order valence-corrected chi connectivity index (χ3v) is 4.67. The van der Waals surface area contributed by atoms with E-state index in [2.05, 4.69) is 16.0 Å². The van der Waals surface area contributed by atoms with Crippen molar-refractivity contribution < 1.29 is 9.47 Å². The van der Waals surface area contributed by atoms with Crippen molar-refractivity contribution in [1.82, 2.24) is 9.97 Å². The molecule has 0 aliphatic heterocycles. The molecule has 0 radical (unpaired) electrons. The molecule has 0 unspecified atom stereocenters. The molecule has 0 atom stereocenters. The van der Waals surface area contributed by atoms with Crippen molar-refractivity contribution in [3.63, 3.8) is 0 Å². The molecule has 0 fully saturated rings. The van der Waals surface area contributed by atoms with E-state index in [0.717, 1.165) is 5.56 Å². The van der Waals surface area contributed by atoms with Crippen LogP contribution < -0.4 is 15.2 Å². The van der Waals surface area contributed by atoms with Crippen LogP contribution in [-0.4, -0.2) is 17.1 Å². The molecule has 0 bridgehead atoms. The Balaban J connectivity index is 1.79. The predicted octanol–water partition coefficient (Wildman–Crippen LogP) is 3.81. The molecule has 3 rings (SSSR count). The first-order valence-corrected chi connectivity index (χ1v) is 9.19. The number of nitriles is 1. The van der Waals surface area contributed by atoms with Crippen LogP contribution >= 0.6 is 11.8 Å². The number of hydrogen-bond acceptors (Lipinski definition) is 7. The molecular formula is C20H18N4O2S. The minimum absolute atomic E-state index is 0.0921. The van der Waals surface area contributed by atoms with Crippen molar-refractivity contribution in [2.24, 2.45) is 0 Å². The monoisotopic (exact) mass is 378 g/mol. The van der Waals surface area contributed by atoms with Gasteiger partial charge in [-0.2, -0.15) is 5.26 Å². The standard InChI is InChI=1S/C20H18N4O2S/c1-25-17-9-5-6-10-18(17)26-12-16-15(11-21)19(22)24-20(23-16)27-13-14-7-3-2-4-8-14/h2-10H,12-13H2,1H3,(H2,22,23,24). The predicted molar refractivity (Wildman–Crippen MR) is 104 cm³/mol. The summed E-state index contributed by atoms with van der Waals surface area (Å²) in [6, 6.07) is 19.4. The van der Waals surface area contributed by atoms with Crippen LogP contribution in [-0.2, 0) is 12.4 Å². The Kier molecular flexibility index (Phi) is 6.13. The van der Waals surface area contributed by atoms with E-state index < -0.39 is 0 Å². The minimum atomic E-state index is 0.0921. The van der Waals surface area contributed by atoms with E-state index >= 15 is 0 Å². The van der Waals surface area contributed by atoms with Crippen molar-refractivity contribution in [3.8, 4) is 17.6 Å². The molecule has 1 aromatic heterocycles. The molecule has 0 aliphatic rings. The molecule has 27 heavy (non-hydrogen) atoms. The Bertz CT molecular complexity index is 958. The number of para-hydroxylation sites is 2. The quantitative estimate of drug-likeness (QED) is 0.493. The van der Waals surface area contributed by atoms with Crippen molar-refractivity contribution in [1.29, 1.82) is 5.26 Å². The summed E-state index contributed by atoms with van der Waals surface area (Å²) in [5.74, 6) is 2.04. The third kappa shape index (κ3) is 4.68. The lowest BCUT2D eigenvalue weighted by Gasteiger charge is -2.12. The minimum Gasteiger partial charge on any atom is -0.493 e. The zero-order valence-corrected chi connectivity index (χ0v) is 15.6. The summed E-state index contributed by atoms with van der Waals surface area (Å²) < 4.78 is 11.1. The van der Waals surface area contributed by atoms with Crippen LogP contribution in [0.2, 0.25) is 0 Å². The molecule has 6 nitrogen and oxygen atoms in total. The largest absolute Gasteiger partial charge is 0.493 e. The summed E-state index contributed by atoms with van der Waals surface area (Å²) in [4.78, 5) is 8.71. The number of methoxy groups -OCH3 is 1. The molecule has 3 aromatic rings. The van der Waals surface area contributed by atoms with Crippen LogP contribution in [0, 0.1) is 11.3 Å². The smallest absolute Gasteiger partial charge is 0.190 e. The van der Waals surface area contributed by atoms with Gasteiger partial charge in [0.1, 0.15) is 29.8 Å². The summed E-state index contributed by atoms with van der Waals surface area (Å²) in [7, 11) is 1.57. The van der Waals surface area contributed by atoms with Gasteiger partial charge in [0.05, 0.1) is 7.11 Å². The maximum absolute atomic E-state index is 9.40. The number of benzene rings is 2. The number of hydrogen-bond donors (Lipinski definition) is 1. The maximum Gasteiger partial charge on any atom is 0.190 e. The van der Waals surface area contributed by atoms with E-state index in [-0.39, 0.29) is 18.0 Å². The third-order valence-electron chi connectivity index (χ3n) is 3.75. The molecule has 2 aromatic carbocycles. The second kappa shape index (κ2) is 8.92. The van der Waals surface area contributed by atoms with Crippen molar-refractivity contribution in [3.05, 3.63) is 71.4 Å². The van der Waals surface area contributed by atoms with Gasteiger partial charge in [0, 0.05) is 5.75 Å². The van der Waals surface area contributed by atoms with E-state index in [1.807, 2.05) is 42.5 Å². The molecule has 0 saturated carbocycles. The lowest BCUT2D eigenvalue weighted by molar-refractivity contribution is 0.279. The Morgan fingerprint density at radius 1 is 1.04 bits per heavy atom. The Hall–Kier alpha value is -3.24. The van der Waals surface area contributed by atoms with Gasteiger partial charge in [-0.3, -0.25) is 0 Å². The molecular weight excluding hydrogens is 360 g/mol. The lowest BCUT2D eigenvalue weighted by Crippen LogP contribution is -2.08. The average molecular weight is 378 g/mol. The van der Waals surface area contributed by atoms with Gasteiger partial charge in [-0.05, 0) is 17.7 Å². The Labute approximate surface area is 162 Å². The van der Waals surface area contributed by atoms with Gasteiger partial charge >= 0.3 is 0 Å². The lowest BCUT2D eigenvalue weighted by atomic mass is 10.2. The van der Waals surface area contributed by atoms with Crippen LogP contribution in [0.5, 0.6) is 11.5 Å². The summed E-state index contributed by atoms with van der Waals surface area (Å²) in [6.07, 6.45) is 0. The summed E-state index contributed by atoms with van der Waals surface area (Å²) in [5, 5.41) is 9.91. The van der Waals surface area contributed by atoms with Gasteiger partial charge in [-0.1, -0.05) is 54.2 Å². The van der Waals surface area contributed by atoms with Crippen molar-refractivity contribution in [2.75, 3.05) is 12.8 Å². The number of aromatic nitrogens is 2. The topological polar surface area (TPSA) is 94.1 Å². The average Bonchev–Trinajstić information content (AvgIpc) is 2.71. The molecule has 7 heteroatoms. The van der Waals surface area contributed by atoms with Gasteiger partial charge in [0.25, 0.3) is 0 Å². The number of nitrogens with zero attached hydrogens (tertiary/aromatic N) is 3. The van der Waals surface area contributed by atoms with Gasteiger partial charge in [-0.15, -0.1) is 0 Å². The molecule has 0 aliphatic carbocycles. The second-order valence-corrected chi connectivity index (χ2v) is 6.48. The zero-order chi connectivity index (χ0) is 19.1. The Morgan fingerprint density at radius 2 is 1.74 bits per heavy atom. The number of ether oxygens (including phenoxy) is 2. The van der Waals surface area contributed by atoms with Crippen LogP contribution in [0.4, 0.5) is 5.82 Å². The molecule has 0 spiro atoms. The molecule has 1 heterocycles. The normalized spacial score (nSPS) is 10.2. The highest BCUT2D eigenvalue weighted by molar-refractivity contribution is 7.98. The fourth-order valence-electron chi connectivity index (χ4n) is 2.40. The highest BCUT2D eigenvalue weighted by atomic mass is 32.2. The molecule has 0 saturated heterocycles. The molecule has 0 amide bonds. The first-order valence-electron chi connectivity index (χ1n) is 8.20. The number of anilines is 1. The van der Waals surface area contributed by atoms with Crippen molar-refractivity contribution in [2.45, 2.75) is 17.5 Å². The fourth-order valence-corrected chi connectivity index (χ4v) is 3.23. The zero-order valence-electron chi connectivity index (χ0n) is 14.8. The van der Waals surface area contributed by atoms with Crippen molar-refractivity contribution >= 4 is 17.6 Å². The maximum atomic E-state index is 9.40. The molecule has 2 N–H and O–H groups in total. The van der Waals surface area contributed by atoms with Crippen LogP contribution in [0.25, 0.3) is 0 Å². The van der Waals surface area contributed by atoms with Crippen LogP contribution in [0.1, 0.15) is 16.8 Å². The van der Waals surface area contributed by atoms with Gasteiger partial charge in [0.2, 0.25) is 0 Å². The van der Waals surface area contributed by atoms with Gasteiger partial charge in [-0.25, -0.2) is 9.97 Å². The summed E-state index contributed by atoms with van der Waals surface area (Å²) in [6.45, 7) is 0.0921. The number of nitrogen functional groups attached to an aromatic ring is 1. The first-order chi connectivity index (χ1) is 13.2. The van der Waals surface area contributed by atoms with E-state index in [4.69, 9.17) is 15.2 Å². The number of rotatable bonds is 7. The van der Waals surface area contributed by atoms with E-state index in [9.17, 15) is 5.26 Å². The second-order valence-electron chi connectivity index (χ2n) is 5.54. The van der Waals surface area contributed by atoms with E-state index in [0.29, 0.717) is 28.1 Å². The Morgan fingerprint density at radius 3 is 2.44 bits per heavy atom. The van der Waals surface area contributed by atoms with Crippen LogP contribution in [0.15, 0.2) is 59.8 Å². The number of nitrogens with two attached hydrogens (primary N) is 1. The highest BCUT2D eigenvalue weighted by Gasteiger charge is 2.14. The van der Waals surface area contributed by atoms with E-state index in [1.165, 1.54) is 11.8 Å². The SMILES string of the molecule is COc1ccccc1OCc1nc(SCc2ccccc2)nc(N)c1C#N.